The maximum atomic E-state index is 11.1. The molecule has 3 aromatic carbocycles. The molecule has 4 aromatic rings. The van der Waals surface area contributed by atoms with Crippen LogP contribution in [0, 0.1) is 5.41 Å². The fraction of sp³-hybridized carbons (Fsp3) is 0.343. The smallest absolute Gasteiger partial charge is 0.129 e. The Morgan fingerprint density at radius 3 is 1.69 bits per heavy atom. The summed E-state index contributed by atoms with van der Waals surface area (Å²) in [6, 6.07) is 24.9. The van der Waals surface area contributed by atoms with E-state index in [4.69, 9.17) is 0 Å². The molecule has 0 saturated heterocycles. The second-order valence-electron chi connectivity index (χ2n) is 12.6. The Balaban J connectivity index is 1.78. The minimum atomic E-state index is -0.297. The van der Waals surface area contributed by atoms with Crippen molar-refractivity contribution in [1.29, 1.82) is 0 Å². The molecule has 0 aliphatic rings. The fourth-order valence-corrected chi connectivity index (χ4v) is 6.09. The topological polar surface area (TPSA) is 53.4 Å². The van der Waals surface area contributed by atoms with Gasteiger partial charge in [0.25, 0.3) is 0 Å². The van der Waals surface area contributed by atoms with Gasteiger partial charge in [0.15, 0.2) is 0 Å². The minimum absolute atomic E-state index is 0.0154. The third-order valence-corrected chi connectivity index (χ3v) is 8.94. The third-order valence-electron chi connectivity index (χ3n) is 8.17. The fourth-order valence-electron chi connectivity index (χ4n) is 5.57. The molecular formula is C35H41NO2S. The number of hydrogen-bond acceptors (Lipinski definition) is 4. The first-order chi connectivity index (χ1) is 18.3. The molecule has 0 spiro atoms. The van der Waals surface area contributed by atoms with Crippen LogP contribution in [-0.4, -0.2) is 21.5 Å². The monoisotopic (exact) mass is 539 g/mol. The summed E-state index contributed by atoms with van der Waals surface area (Å²) < 4.78 is 0. The Hall–Kier alpha value is -3.24. The molecular weight excluding hydrogens is 498 g/mol. The SMILES string of the molecule is CSc1cc(C(C)(C)c2cccc(C(C)(C)c3ccc(O)c(C(c4ccncc4)C(C)(C)C)c3)c2)ccc1O. The second-order valence-corrected chi connectivity index (χ2v) is 13.4. The van der Waals surface area contributed by atoms with Crippen molar-refractivity contribution in [1.82, 2.24) is 4.98 Å². The lowest BCUT2D eigenvalue weighted by molar-refractivity contribution is 0.346. The van der Waals surface area contributed by atoms with Gasteiger partial charge in [-0.25, -0.2) is 0 Å². The number of nitrogens with zero attached hydrogens (tertiary/aromatic N) is 1. The maximum absolute atomic E-state index is 11.1. The van der Waals surface area contributed by atoms with E-state index in [9.17, 15) is 10.2 Å². The van der Waals surface area contributed by atoms with Gasteiger partial charge in [0.05, 0.1) is 0 Å². The molecule has 0 radical (unpaired) electrons. The number of rotatable bonds is 7. The highest BCUT2D eigenvalue weighted by Crippen LogP contribution is 2.46. The average molecular weight is 540 g/mol. The van der Waals surface area contributed by atoms with E-state index in [1.807, 2.05) is 49.0 Å². The van der Waals surface area contributed by atoms with E-state index in [1.54, 1.807) is 17.8 Å². The van der Waals surface area contributed by atoms with Gasteiger partial charge in [-0.15, -0.1) is 11.8 Å². The summed E-state index contributed by atoms with van der Waals surface area (Å²) >= 11 is 1.56. The molecule has 0 saturated carbocycles. The van der Waals surface area contributed by atoms with E-state index in [0.717, 1.165) is 27.1 Å². The van der Waals surface area contributed by atoms with Gasteiger partial charge >= 0.3 is 0 Å². The molecule has 1 unspecified atom stereocenters. The summed E-state index contributed by atoms with van der Waals surface area (Å²) in [5.41, 5.74) is 6.18. The lowest BCUT2D eigenvalue weighted by Gasteiger charge is -2.34. The van der Waals surface area contributed by atoms with Crippen LogP contribution in [0.4, 0.5) is 0 Å². The van der Waals surface area contributed by atoms with Gasteiger partial charge in [-0.3, -0.25) is 4.98 Å². The van der Waals surface area contributed by atoms with E-state index >= 15 is 0 Å². The van der Waals surface area contributed by atoms with E-state index in [-0.39, 0.29) is 22.2 Å². The lowest BCUT2D eigenvalue weighted by Crippen LogP contribution is -2.24. The number of aromatic nitrogens is 1. The van der Waals surface area contributed by atoms with Crippen molar-refractivity contribution in [3.63, 3.8) is 0 Å². The van der Waals surface area contributed by atoms with Crippen molar-refractivity contribution in [3.05, 3.63) is 119 Å². The number of aromatic hydroxyl groups is 2. The van der Waals surface area contributed by atoms with Crippen molar-refractivity contribution < 1.29 is 10.2 Å². The van der Waals surface area contributed by atoms with Crippen LogP contribution in [0.15, 0.2) is 90.1 Å². The highest BCUT2D eigenvalue weighted by molar-refractivity contribution is 7.98. The van der Waals surface area contributed by atoms with Crippen molar-refractivity contribution in [2.24, 2.45) is 5.41 Å². The molecule has 4 heteroatoms. The highest BCUT2D eigenvalue weighted by Gasteiger charge is 2.33. The quantitative estimate of drug-likeness (QED) is 0.230. The van der Waals surface area contributed by atoms with Gasteiger partial charge in [-0.05, 0) is 69.8 Å². The standard InChI is InChI=1S/C35H41NO2S/c1-33(2,3)32(23-16-18-36-19-17-23)28-21-26(12-14-29(28)37)34(4,5)24-10-9-11-25(20-24)35(6,7)27-13-15-30(38)31(22-27)39-8/h9-22,32,37-38H,1-8H3. The van der Waals surface area contributed by atoms with Gasteiger partial charge in [-0.2, -0.15) is 0 Å². The summed E-state index contributed by atoms with van der Waals surface area (Å²) in [5.74, 6) is 0.653. The van der Waals surface area contributed by atoms with E-state index < -0.39 is 0 Å². The first kappa shape index (κ1) is 28.8. The van der Waals surface area contributed by atoms with Crippen LogP contribution in [0.5, 0.6) is 11.5 Å². The number of pyridine rings is 1. The van der Waals surface area contributed by atoms with Gasteiger partial charge in [-0.1, -0.05) is 90.9 Å². The first-order valence-electron chi connectivity index (χ1n) is 13.5. The number of hydrogen-bond donors (Lipinski definition) is 2. The highest BCUT2D eigenvalue weighted by atomic mass is 32.2. The Labute approximate surface area is 238 Å². The molecule has 2 N–H and O–H groups in total. The van der Waals surface area contributed by atoms with Gasteiger partial charge in [0.1, 0.15) is 11.5 Å². The number of phenolic OH excluding ortho intramolecular Hbond substituents is 2. The summed E-state index contributed by atoms with van der Waals surface area (Å²) in [6.07, 6.45) is 5.63. The first-order valence-corrected chi connectivity index (χ1v) is 14.7. The van der Waals surface area contributed by atoms with Gasteiger partial charge in [0.2, 0.25) is 0 Å². The molecule has 0 bridgehead atoms. The molecule has 3 nitrogen and oxygen atoms in total. The predicted molar refractivity (Wildman–Crippen MR) is 164 cm³/mol. The van der Waals surface area contributed by atoms with Crippen molar-refractivity contribution in [3.8, 4) is 11.5 Å². The van der Waals surface area contributed by atoms with Crippen LogP contribution in [0.2, 0.25) is 0 Å². The van der Waals surface area contributed by atoms with Gasteiger partial charge in [0, 0.05) is 39.6 Å². The Morgan fingerprint density at radius 2 is 1.15 bits per heavy atom. The lowest BCUT2D eigenvalue weighted by atomic mass is 9.70. The number of benzene rings is 3. The molecule has 1 atom stereocenters. The largest absolute Gasteiger partial charge is 0.508 e. The number of phenols is 2. The molecule has 0 aliphatic heterocycles. The van der Waals surface area contributed by atoms with E-state index in [0.29, 0.717) is 11.5 Å². The van der Waals surface area contributed by atoms with Crippen molar-refractivity contribution >= 4 is 11.8 Å². The van der Waals surface area contributed by atoms with Crippen LogP contribution in [0.3, 0.4) is 0 Å². The minimum Gasteiger partial charge on any atom is -0.508 e. The van der Waals surface area contributed by atoms with Crippen LogP contribution in [-0.2, 0) is 10.8 Å². The van der Waals surface area contributed by atoms with Crippen LogP contribution in [0.1, 0.15) is 87.8 Å². The molecule has 0 aliphatic carbocycles. The summed E-state index contributed by atoms with van der Waals surface area (Å²) in [6.45, 7) is 15.6. The normalized spacial score (nSPS) is 13.3. The molecule has 39 heavy (non-hydrogen) atoms. The second kappa shape index (κ2) is 10.7. The van der Waals surface area contributed by atoms with Crippen LogP contribution < -0.4 is 0 Å². The molecule has 4 rings (SSSR count). The van der Waals surface area contributed by atoms with E-state index in [1.165, 1.54) is 11.1 Å². The van der Waals surface area contributed by atoms with E-state index in [2.05, 4.69) is 89.8 Å². The Morgan fingerprint density at radius 1 is 0.641 bits per heavy atom. The molecule has 0 fully saturated rings. The maximum Gasteiger partial charge on any atom is 0.129 e. The van der Waals surface area contributed by atoms with Crippen LogP contribution in [0.25, 0.3) is 0 Å². The zero-order valence-corrected chi connectivity index (χ0v) is 25.2. The molecule has 1 aromatic heterocycles. The summed E-state index contributed by atoms with van der Waals surface area (Å²) in [7, 11) is 0. The summed E-state index contributed by atoms with van der Waals surface area (Å²) in [5, 5.41) is 21.3. The van der Waals surface area contributed by atoms with Crippen molar-refractivity contribution in [2.75, 3.05) is 6.26 Å². The third kappa shape index (κ3) is 5.72. The van der Waals surface area contributed by atoms with Gasteiger partial charge < -0.3 is 10.2 Å². The molecule has 0 amide bonds. The number of thioether (sulfide) groups is 1. The van der Waals surface area contributed by atoms with Crippen molar-refractivity contribution in [2.45, 2.75) is 70.1 Å². The molecule has 1 heterocycles. The zero-order chi connectivity index (χ0) is 28.6. The summed E-state index contributed by atoms with van der Waals surface area (Å²) in [4.78, 5) is 5.10. The Bertz CT molecular complexity index is 1450. The predicted octanol–water partition coefficient (Wildman–Crippen LogP) is 9.04. The zero-order valence-electron chi connectivity index (χ0n) is 24.4. The average Bonchev–Trinajstić information content (AvgIpc) is 2.90. The Kier molecular flexibility index (Phi) is 7.91. The molecule has 204 valence electrons. The van der Waals surface area contributed by atoms with Crippen LogP contribution >= 0.6 is 11.8 Å².